The summed E-state index contributed by atoms with van der Waals surface area (Å²) in [4.78, 5) is 8.42. The molecule has 0 fully saturated rings. The number of nitrogens with zero attached hydrogens (tertiary/aromatic N) is 2. The van der Waals surface area contributed by atoms with Crippen molar-refractivity contribution in [2.45, 2.75) is 6.10 Å². The van der Waals surface area contributed by atoms with Gasteiger partial charge in [0.25, 0.3) is 0 Å². The highest BCUT2D eigenvalue weighted by Crippen LogP contribution is 2.30. The average molecular weight is 334 g/mol. The Kier molecular flexibility index (Phi) is 4.43. The number of hydrogen-bond donors (Lipinski definition) is 2. The van der Waals surface area contributed by atoms with Gasteiger partial charge in [-0.3, -0.25) is 0 Å². The normalized spacial score (nSPS) is 12.3. The molecule has 1 unspecified atom stereocenters. The molecule has 0 aliphatic rings. The zero-order valence-corrected chi connectivity index (χ0v) is 13.0. The second-order valence-corrected chi connectivity index (χ2v) is 5.59. The molecule has 3 aromatic rings. The van der Waals surface area contributed by atoms with Crippen molar-refractivity contribution in [3.05, 3.63) is 64.4 Å². The zero-order chi connectivity index (χ0) is 15.5. The van der Waals surface area contributed by atoms with E-state index < -0.39 is 6.10 Å². The molecule has 0 saturated carbocycles. The predicted molar refractivity (Wildman–Crippen MR) is 89.4 cm³/mol. The molecule has 2 aromatic carbocycles. The van der Waals surface area contributed by atoms with Gasteiger partial charge < -0.3 is 10.4 Å². The summed E-state index contributed by atoms with van der Waals surface area (Å²) in [5.41, 5.74) is 1.35. The number of para-hydroxylation sites is 1. The van der Waals surface area contributed by atoms with E-state index in [1.807, 2.05) is 24.3 Å². The van der Waals surface area contributed by atoms with Crippen LogP contribution in [0.3, 0.4) is 0 Å². The van der Waals surface area contributed by atoms with Crippen LogP contribution in [0.15, 0.2) is 48.8 Å². The maximum absolute atomic E-state index is 10.3. The van der Waals surface area contributed by atoms with Crippen molar-refractivity contribution in [2.75, 3.05) is 11.9 Å². The first-order valence-corrected chi connectivity index (χ1v) is 7.48. The number of aliphatic hydroxyl groups is 1. The van der Waals surface area contributed by atoms with Crippen molar-refractivity contribution in [3.63, 3.8) is 0 Å². The minimum Gasteiger partial charge on any atom is -0.386 e. The van der Waals surface area contributed by atoms with E-state index in [4.69, 9.17) is 23.2 Å². The Labute approximate surface area is 137 Å². The van der Waals surface area contributed by atoms with Crippen LogP contribution < -0.4 is 5.32 Å². The Balaban J connectivity index is 1.82. The lowest BCUT2D eigenvalue weighted by atomic mass is 10.1. The quantitative estimate of drug-likeness (QED) is 0.755. The average Bonchev–Trinajstić information content (AvgIpc) is 2.52. The van der Waals surface area contributed by atoms with E-state index in [9.17, 15) is 5.11 Å². The summed E-state index contributed by atoms with van der Waals surface area (Å²) in [6.45, 7) is 0.241. The summed E-state index contributed by atoms with van der Waals surface area (Å²) >= 11 is 12.2. The highest BCUT2D eigenvalue weighted by molar-refractivity contribution is 6.36. The van der Waals surface area contributed by atoms with Crippen molar-refractivity contribution in [3.8, 4) is 0 Å². The standard InChI is InChI=1S/C16H13Cl2N3O/c17-11-5-3-6-12(18)15(11)14(22)8-19-16-10-4-1-2-7-13(10)20-9-21-16/h1-7,9,14,22H,8H2,(H,19,20,21). The highest BCUT2D eigenvalue weighted by atomic mass is 35.5. The van der Waals surface area contributed by atoms with E-state index in [-0.39, 0.29) is 6.54 Å². The number of halogens is 2. The summed E-state index contributed by atoms with van der Waals surface area (Å²) in [5.74, 6) is 0.660. The number of anilines is 1. The molecular weight excluding hydrogens is 321 g/mol. The van der Waals surface area contributed by atoms with Crippen LogP contribution in [0.4, 0.5) is 5.82 Å². The van der Waals surface area contributed by atoms with Crippen LogP contribution in [-0.2, 0) is 0 Å². The van der Waals surface area contributed by atoms with Crippen LogP contribution in [0.5, 0.6) is 0 Å². The van der Waals surface area contributed by atoms with Gasteiger partial charge in [-0.2, -0.15) is 0 Å². The van der Waals surface area contributed by atoms with Gasteiger partial charge in [0, 0.05) is 27.5 Å². The minimum absolute atomic E-state index is 0.241. The van der Waals surface area contributed by atoms with Crippen molar-refractivity contribution < 1.29 is 5.11 Å². The topological polar surface area (TPSA) is 58.0 Å². The molecule has 0 amide bonds. The van der Waals surface area contributed by atoms with Crippen LogP contribution in [0.1, 0.15) is 11.7 Å². The number of aromatic nitrogens is 2. The monoisotopic (exact) mass is 333 g/mol. The van der Waals surface area contributed by atoms with Gasteiger partial charge in [-0.1, -0.05) is 41.4 Å². The first kappa shape index (κ1) is 15.0. The Morgan fingerprint density at radius 3 is 2.50 bits per heavy atom. The third-order valence-corrected chi connectivity index (χ3v) is 4.00. The number of rotatable bonds is 4. The second kappa shape index (κ2) is 6.48. The fraction of sp³-hybridized carbons (Fsp3) is 0.125. The minimum atomic E-state index is -0.838. The van der Waals surface area contributed by atoms with Gasteiger partial charge in [0.15, 0.2) is 0 Å². The van der Waals surface area contributed by atoms with Gasteiger partial charge in [-0.25, -0.2) is 9.97 Å². The lowest BCUT2D eigenvalue weighted by Crippen LogP contribution is -2.14. The first-order chi connectivity index (χ1) is 10.7. The molecule has 0 spiro atoms. The van der Waals surface area contributed by atoms with Gasteiger partial charge in [0.2, 0.25) is 0 Å². The van der Waals surface area contributed by atoms with Crippen LogP contribution in [-0.4, -0.2) is 21.6 Å². The van der Waals surface area contributed by atoms with Crippen molar-refractivity contribution in [2.24, 2.45) is 0 Å². The molecule has 0 bridgehead atoms. The first-order valence-electron chi connectivity index (χ1n) is 6.72. The number of aliphatic hydroxyl groups excluding tert-OH is 1. The number of benzene rings is 2. The van der Waals surface area contributed by atoms with Crippen LogP contribution >= 0.6 is 23.2 Å². The van der Waals surface area contributed by atoms with E-state index in [1.54, 1.807) is 18.2 Å². The molecule has 22 heavy (non-hydrogen) atoms. The van der Waals surface area contributed by atoms with Gasteiger partial charge >= 0.3 is 0 Å². The molecule has 1 atom stereocenters. The summed E-state index contributed by atoms with van der Waals surface area (Å²) in [6, 6.07) is 12.8. The fourth-order valence-electron chi connectivity index (χ4n) is 2.27. The molecule has 1 heterocycles. The molecular formula is C16H13Cl2N3O. The molecule has 0 saturated heterocycles. The summed E-state index contributed by atoms with van der Waals surface area (Å²) in [5, 5.41) is 15.2. The van der Waals surface area contributed by atoms with Gasteiger partial charge in [0.1, 0.15) is 12.1 Å². The lowest BCUT2D eigenvalue weighted by Gasteiger charge is -2.16. The molecule has 0 aliphatic carbocycles. The van der Waals surface area contributed by atoms with E-state index >= 15 is 0 Å². The SMILES string of the molecule is OC(CNc1ncnc2ccccc12)c1c(Cl)cccc1Cl. The van der Waals surface area contributed by atoms with Crippen LogP contribution in [0.25, 0.3) is 10.9 Å². The molecule has 6 heteroatoms. The van der Waals surface area contributed by atoms with Crippen LogP contribution in [0.2, 0.25) is 10.0 Å². The number of fused-ring (bicyclic) bond motifs is 1. The second-order valence-electron chi connectivity index (χ2n) is 4.77. The molecule has 112 valence electrons. The highest BCUT2D eigenvalue weighted by Gasteiger charge is 2.15. The maximum Gasteiger partial charge on any atom is 0.137 e. The molecule has 1 aromatic heterocycles. The Hall–Kier alpha value is -1.88. The molecule has 2 N–H and O–H groups in total. The van der Waals surface area contributed by atoms with E-state index in [0.29, 0.717) is 21.4 Å². The van der Waals surface area contributed by atoms with Gasteiger partial charge in [0.05, 0.1) is 11.6 Å². The van der Waals surface area contributed by atoms with Crippen LogP contribution in [0, 0.1) is 0 Å². The Morgan fingerprint density at radius 2 is 1.73 bits per heavy atom. The molecule has 4 nitrogen and oxygen atoms in total. The van der Waals surface area contributed by atoms with E-state index in [1.165, 1.54) is 6.33 Å². The Morgan fingerprint density at radius 1 is 1.00 bits per heavy atom. The van der Waals surface area contributed by atoms with Crippen molar-refractivity contribution in [1.82, 2.24) is 9.97 Å². The van der Waals surface area contributed by atoms with Gasteiger partial charge in [-0.05, 0) is 24.3 Å². The predicted octanol–water partition coefficient (Wildman–Crippen LogP) is 4.08. The summed E-state index contributed by atoms with van der Waals surface area (Å²) in [7, 11) is 0. The fourth-order valence-corrected chi connectivity index (χ4v) is 2.92. The molecule has 0 aliphatic heterocycles. The zero-order valence-electron chi connectivity index (χ0n) is 11.5. The smallest absolute Gasteiger partial charge is 0.137 e. The third kappa shape index (κ3) is 2.99. The number of hydrogen-bond acceptors (Lipinski definition) is 4. The summed E-state index contributed by atoms with van der Waals surface area (Å²) in [6.07, 6.45) is 0.648. The van der Waals surface area contributed by atoms with Gasteiger partial charge in [-0.15, -0.1) is 0 Å². The van der Waals surface area contributed by atoms with E-state index in [0.717, 1.165) is 10.9 Å². The maximum atomic E-state index is 10.3. The largest absolute Gasteiger partial charge is 0.386 e. The number of nitrogens with one attached hydrogen (secondary N) is 1. The van der Waals surface area contributed by atoms with E-state index in [2.05, 4.69) is 15.3 Å². The lowest BCUT2D eigenvalue weighted by molar-refractivity contribution is 0.192. The summed E-state index contributed by atoms with van der Waals surface area (Å²) < 4.78 is 0. The third-order valence-electron chi connectivity index (χ3n) is 3.34. The van der Waals surface area contributed by atoms with Crippen molar-refractivity contribution >= 4 is 39.9 Å². The molecule has 0 radical (unpaired) electrons. The van der Waals surface area contributed by atoms with Crippen molar-refractivity contribution in [1.29, 1.82) is 0 Å². The molecule has 3 rings (SSSR count). The Bertz CT molecular complexity index is 785.